The molecule has 0 radical (unpaired) electrons. The fourth-order valence-electron chi connectivity index (χ4n) is 3.45. The molecule has 0 aliphatic rings. The molecule has 2 aromatic rings. The molecule has 0 saturated carbocycles. The molecule has 0 bridgehead atoms. The molecule has 9 heteroatoms. The number of rotatable bonds is 12. The Hall–Kier alpha value is -2.94. The van der Waals surface area contributed by atoms with Crippen molar-refractivity contribution in [3.8, 4) is 0 Å². The van der Waals surface area contributed by atoms with Crippen LogP contribution >= 0.6 is 0 Å². The molecule has 0 aliphatic heterocycles. The van der Waals surface area contributed by atoms with Crippen LogP contribution in [-0.2, 0) is 26.2 Å². The van der Waals surface area contributed by atoms with E-state index in [1.54, 1.807) is 13.0 Å². The lowest BCUT2D eigenvalue weighted by Gasteiger charge is -2.29. The van der Waals surface area contributed by atoms with Gasteiger partial charge in [-0.15, -0.1) is 0 Å². The highest BCUT2D eigenvalue weighted by molar-refractivity contribution is 7.92. The SMILES string of the molecule is CC(C)CNC(=O)[C@@H](C)N(Cc1ccccc1)C(=O)CCCN(c1ccccc1F)S(C)(=O)=O. The maximum Gasteiger partial charge on any atom is 0.242 e. The Kier molecular flexibility index (Phi) is 10.0. The highest BCUT2D eigenvalue weighted by Crippen LogP contribution is 2.22. The number of carbonyl (C=O) groups excluding carboxylic acids is 2. The standard InChI is InChI=1S/C25H34FN3O4S/c1-19(2)17-27-25(31)20(3)28(18-21-11-6-5-7-12-21)24(30)15-10-16-29(34(4,32)33)23-14-9-8-13-22(23)26/h5-9,11-14,19-20H,10,15-18H2,1-4H3,(H,27,31)/t20-/m1/s1. The highest BCUT2D eigenvalue weighted by Gasteiger charge is 2.27. The third kappa shape index (κ3) is 8.13. The van der Waals surface area contributed by atoms with Crippen molar-refractivity contribution >= 4 is 27.5 Å². The van der Waals surface area contributed by atoms with E-state index < -0.39 is 21.9 Å². The zero-order chi connectivity index (χ0) is 25.3. The van der Waals surface area contributed by atoms with Crippen LogP contribution in [0.2, 0.25) is 0 Å². The number of hydrogen-bond donors (Lipinski definition) is 1. The van der Waals surface area contributed by atoms with E-state index in [-0.39, 0.29) is 49.4 Å². The predicted molar refractivity (Wildman–Crippen MR) is 132 cm³/mol. The van der Waals surface area contributed by atoms with Crippen molar-refractivity contribution in [1.82, 2.24) is 10.2 Å². The maximum absolute atomic E-state index is 14.2. The molecule has 0 aliphatic carbocycles. The summed E-state index contributed by atoms with van der Waals surface area (Å²) in [6.07, 6.45) is 1.19. The van der Waals surface area contributed by atoms with E-state index >= 15 is 0 Å². The van der Waals surface area contributed by atoms with Gasteiger partial charge in [-0.05, 0) is 37.0 Å². The van der Waals surface area contributed by atoms with Crippen LogP contribution < -0.4 is 9.62 Å². The zero-order valence-electron chi connectivity index (χ0n) is 20.2. The number of nitrogens with one attached hydrogen (secondary N) is 1. The summed E-state index contributed by atoms with van der Waals surface area (Å²) < 4.78 is 39.7. The third-order valence-electron chi connectivity index (χ3n) is 5.32. The maximum atomic E-state index is 14.2. The number of halogens is 1. The summed E-state index contributed by atoms with van der Waals surface area (Å²) in [5.41, 5.74) is 0.823. The second kappa shape index (κ2) is 12.5. The zero-order valence-corrected chi connectivity index (χ0v) is 21.0. The van der Waals surface area contributed by atoms with Crippen LogP contribution in [0.3, 0.4) is 0 Å². The Bertz CT molecular complexity index is 1060. The molecule has 2 amide bonds. The fraction of sp³-hybridized carbons (Fsp3) is 0.440. The van der Waals surface area contributed by atoms with Gasteiger partial charge in [0.2, 0.25) is 21.8 Å². The monoisotopic (exact) mass is 491 g/mol. The van der Waals surface area contributed by atoms with Gasteiger partial charge in [0.1, 0.15) is 11.9 Å². The van der Waals surface area contributed by atoms with Crippen LogP contribution in [0.1, 0.15) is 39.2 Å². The summed E-state index contributed by atoms with van der Waals surface area (Å²) in [5, 5.41) is 2.86. The van der Waals surface area contributed by atoms with E-state index in [1.807, 2.05) is 44.2 Å². The van der Waals surface area contributed by atoms with E-state index in [9.17, 15) is 22.4 Å². The summed E-state index contributed by atoms with van der Waals surface area (Å²) in [5.74, 6) is -0.907. The number of nitrogens with zero attached hydrogens (tertiary/aromatic N) is 2. The summed E-state index contributed by atoms with van der Waals surface area (Å²) in [4.78, 5) is 27.4. The minimum absolute atomic E-state index is 0.00903. The Morgan fingerprint density at radius 2 is 1.62 bits per heavy atom. The first kappa shape index (κ1) is 27.3. The Morgan fingerprint density at radius 1 is 1.00 bits per heavy atom. The molecule has 0 fully saturated rings. The molecule has 2 aromatic carbocycles. The van der Waals surface area contributed by atoms with Gasteiger partial charge in [-0.1, -0.05) is 56.3 Å². The topological polar surface area (TPSA) is 86.8 Å². The first-order chi connectivity index (χ1) is 16.0. The number of hydrogen-bond acceptors (Lipinski definition) is 4. The lowest BCUT2D eigenvalue weighted by atomic mass is 10.1. The molecule has 0 heterocycles. The minimum Gasteiger partial charge on any atom is -0.354 e. The second-order valence-electron chi connectivity index (χ2n) is 8.71. The van der Waals surface area contributed by atoms with Gasteiger partial charge < -0.3 is 10.2 Å². The molecule has 0 unspecified atom stereocenters. The summed E-state index contributed by atoms with van der Waals surface area (Å²) in [6.45, 7) is 6.35. The van der Waals surface area contributed by atoms with Crippen LogP contribution in [-0.4, -0.2) is 50.5 Å². The van der Waals surface area contributed by atoms with Crippen LogP contribution in [0.15, 0.2) is 54.6 Å². The van der Waals surface area contributed by atoms with Gasteiger partial charge >= 0.3 is 0 Å². The molecule has 0 saturated heterocycles. The van der Waals surface area contributed by atoms with Crippen molar-refractivity contribution in [3.63, 3.8) is 0 Å². The molecule has 2 rings (SSSR count). The molecule has 186 valence electrons. The molecule has 0 spiro atoms. The first-order valence-corrected chi connectivity index (χ1v) is 13.2. The first-order valence-electron chi connectivity index (χ1n) is 11.3. The van der Waals surface area contributed by atoms with Crippen molar-refractivity contribution < 1.29 is 22.4 Å². The average Bonchev–Trinajstić information content (AvgIpc) is 2.78. The van der Waals surface area contributed by atoms with E-state index in [0.29, 0.717) is 6.54 Å². The predicted octanol–water partition coefficient (Wildman–Crippen LogP) is 3.56. The van der Waals surface area contributed by atoms with E-state index in [1.165, 1.54) is 23.1 Å². The normalized spacial score (nSPS) is 12.3. The number of amides is 2. The number of anilines is 1. The molecule has 34 heavy (non-hydrogen) atoms. The minimum atomic E-state index is -3.75. The van der Waals surface area contributed by atoms with Gasteiger partial charge in [0.25, 0.3) is 0 Å². The fourth-order valence-corrected chi connectivity index (χ4v) is 4.42. The molecule has 1 atom stereocenters. The van der Waals surface area contributed by atoms with Gasteiger partial charge in [0.05, 0.1) is 11.9 Å². The van der Waals surface area contributed by atoms with E-state index in [4.69, 9.17) is 0 Å². The quantitative estimate of drug-likeness (QED) is 0.492. The van der Waals surface area contributed by atoms with Gasteiger partial charge in [0, 0.05) is 26.1 Å². The van der Waals surface area contributed by atoms with E-state index in [0.717, 1.165) is 16.1 Å². The van der Waals surface area contributed by atoms with E-state index in [2.05, 4.69) is 5.32 Å². The molecule has 0 aromatic heterocycles. The Balaban J connectivity index is 2.14. The lowest BCUT2D eigenvalue weighted by molar-refractivity contribution is -0.140. The summed E-state index contributed by atoms with van der Waals surface area (Å²) in [6, 6.07) is 14.3. The van der Waals surface area contributed by atoms with Gasteiger partial charge in [-0.25, -0.2) is 12.8 Å². The number of para-hydroxylation sites is 1. The van der Waals surface area contributed by atoms with Gasteiger partial charge in [-0.3, -0.25) is 13.9 Å². The van der Waals surface area contributed by atoms with Gasteiger partial charge in [-0.2, -0.15) is 0 Å². The van der Waals surface area contributed by atoms with Crippen molar-refractivity contribution in [2.75, 3.05) is 23.7 Å². The Labute approximate surface area is 202 Å². The Morgan fingerprint density at radius 3 is 2.21 bits per heavy atom. The summed E-state index contributed by atoms with van der Waals surface area (Å²) in [7, 11) is -3.75. The van der Waals surface area contributed by atoms with Crippen molar-refractivity contribution in [1.29, 1.82) is 0 Å². The molecular formula is C25H34FN3O4S. The summed E-state index contributed by atoms with van der Waals surface area (Å²) >= 11 is 0. The average molecular weight is 492 g/mol. The number of benzene rings is 2. The number of carbonyl (C=O) groups is 2. The number of sulfonamides is 1. The van der Waals surface area contributed by atoms with Crippen molar-refractivity contribution in [2.24, 2.45) is 5.92 Å². The second-order valence-corrected chi connectivity index (χ2v) is 10.6. The molecule has 7 nitrogen and oxygen atoms in total. The van der Waals surface area contributed by atoms with Crippen LogP contribution in [0.5, 0.6) is 0 Å². The lowest BCUT2D eigenvalue weighted by Crippen LogP contribution is -2.48. The van der Waals surface area contributed by atoms with Crippen LogP contribution in [0.25, 0.3) is 0 Å². The molecular weight excluding hydrogens is 457 g/mol. The van der Waals surface area contributed by atoms with Crippen molar-refractivity contribution in [3.05, 3.63) is 66.0 Å². The molecule has 1 N–H and O–H groups in total. The largest absolute Gasteiger partial charge is 0.354 e. The smallest absolute Gasteiger partial charge is 0.242 e. The van der Waals surface area contributed by atoms with Crippen LogP contribution in [0, 0.1) is 11.7 Å². The highest BCUT2D eigenvalue weighted by atomic mass is 32.2. The van der Waals surface area contributed by atoms with Gasteiger partial charge in [0.15, 0.2) is 0 Å². The van der Waals surface area contributed by atoms with Crippen molar-refractivity contribution in [2.45, 2.75) is 46.2 Å². The van der Waals surface area contributed by atoms with Crippen LogP contribution in [0.4, 0.5) is 10.1 Å². The third-order valence-corrected chi connectivity index (χ3v) is 6.50.